The van der Waals surface area contributed by atoms with Gasteiger partial charge in [-0.3, -0.25) is 15.0 Å². The van der Waals surface area contributed by atoms with Crippen LogP contribution in [0.4, 0.5) is 0 Å². The van der Waals surface area contributed by atoms with Gasteiger partial charge in [-0.2, -0.15) is 0 Å². The van der Waals surface area contributed by atoms with Crippen LogP contribution in [0.5, 0.6) is 0 Å². The summed E-state index contributed by atoms with van der Waals surface area (Å²) in [4.78, 5) is 22.8. The number of halogens is 2. The molecule has 3 N–H and O–H groups in total. The van der Waals surface area contributed by atoms with Crippen molar-refractivity contribution in [2.75, 3.05) is 13.6 Å². The molecular formula is C10H11Cl2N3O2. The Hall–Kier alpha value is -1.30. The molecule has 92 valence electrons. The van der Waals surface area contributed by atoms with E-state index in [1.54, 1.807) is 13.1 Å². The van der Waals surface area contributed by atoms with Crippen LogP contribution in [-0.2, 0) is 4.79 Å². The Morgan fingerprint density at radius 3 is 2.65 bits per heavy atom. The van der Waals surface area contributed by atoms with Crippen molar-refractivity contribution in [1.29, 1.82) is 0 Å². The van der Waals surface area contributed by atoms with Crippen LogP contribution in [0.3, 0.4) is 0 Å². The number of nitrogens with one attached hydrogen (secondary N) is 3. The van der Waals surface area contributed by atoms with E-state index in [0.29, 0.717) is 5.02 Å². The summed E-state index contributed by atoms with van der Waals surface area (Å²) in [5, 5.41) is 3.10. The topological polar surface area (TPSA) is 70.2 Å². The smallest absolute Gasteiger partial charge is 0.253 e. The number of hydrazine groups is 1. The molecule has 0 aliphatic rings. The first kappa shape index (κ1) is 13.8. The van der Waals surface area contributed by atoms with Crippen molar-refractivity contribution in [3.05, 3.63) is 33.8 Å². The quantitative estimate of drug-likeness (QED) is 0.718. The van der Waals surface area contributed by atoms with E-state index >= 15 is 0 Å². The van der Waals surface area contributed by atoms with E-state index in [2.05, 4.69) is 16.2 Å². The summed E-state index contributed by atoms with van der Waals surface area (Å²) < 4.78 is 0. The fourth-order valence-electron chi connectivity index (χ4n) is 1.11. The number of carbonyl (C=O) groups excluding carboxylic acids is 2. The number of amides is 2. The minimum atomic E-state index is -0.455. The summed E-state index contributed by atoms with van der Waals surface area (Å²) in [7, 11) is 1.55. The highest BCUT2D eigenvalue weighted by atomic mass is 35.5. The molecular weight excluding hydrogens is 265 g/mol. The van der Waals surface area contributed by atoms with Gasteiger partial charge in [-0.05, 0) is 18.2 Å². The molecule has 0 aliphatic carbocycles. The standard InChI is InChI=1S/C10H11Cl2N3O2/c1-13-15-9(16)5-14-10(17)7-4-6(11)2-3-8(7)12/h2-4,13H,5H2,1H3,(H,14,17)(H,15,16). The van der Waals surface area contributed by atoms with Gasteiger partial charge in [-0.1, -0.05) is 23.2 Å². The van der Waals surface area contributed by atoms with Gasteiger partial charge < -0.3 is 5.32 Å². The SMILES string of the molecule is CNNC(=O)CNC(=O)c1cc(Cl)ccc1Cl. The highest BCUT2D eigenvalue weighted by Gasteiger charge is 2.11. The van der Waals surface area contributed by atoms with Crippen molar-refractivity contribution in [3.63, 3.8) is 0 Å². The highest BCUT2D eigenvalue weighted by Crippen LogP contribution is 2.20. The molecule has 0 saturated heterocycles. The maximum atomic E-state index is 11.7. The average molecular weight is 276 g/mol. The van der Waals surface area contributed by atoms with Gasteiger partial charge in [0.15, 0.2) is 0 Å². The van der Waals surface area contributed by atoms with Gasteiger partial charge in [0.05, 0.1) is 17.1 Å². The zero-order valence-corrected chi connectivity index (χ0v) is 10.5. The van der Waals surface area contributed by atoms with Crippen LogP contribution in [0.2, 0.25) is 10.0 Å². The van der Waals surface area contributed by atoms with Gasteiger partial charge in [0.1, 0.15) is 0 Å². The second kappa shape index (κ2) is 6.44. The zero-order valence-electron chi connectivity index (χ0n) is 9.01. The fourth-order valence-corrected chi connectivity index (χ4v) is 1.49. The average Bonchev–Trinajstić information content (AvgIpc) is 2.29. The lowest BCUT2D eigenvalue weighted by atomic mass is 10.2. The number of hydrogen-bond acceptors (Lipinski definition) is 3. The minimum absolute atomic E-state index is 0.150. The van der Waals surface area contributed by atoms with Crippen LogP contribution >= 0.6 is 23.2 Å². The first-order chi connectivity index (χ1) is 8.04. The van der Waals surface area contributed by atoms with Crippen LogP contribution in [0, 0.1) is 0 Å². The predicted molar refractivity (Wildman–Crippen MR) is 66.0 cm³/mol. The summed E-state index contributed by atoms with van der Waals surface area (Å²) in [6.07, 6.45) is 0. The zero-order chi connectivity index (χ0) is 12.8. The molecule has 0 atom stereocenters. The molecule has 0 heterocycles. The van der Waals surface area contributed by atoms with E-state index in [9.17, 15) is 9.59 Å². The lowest BCUT2D eigenvalue weighted by Crippen LogP contribution is -2.42. The summed E-state index contributed by atoms with van der Waals surface area (Å²) in [5.41, 5.74) is 5.00. The summed E-state index contributed by atoms with van der Waals surface area (Å²) in [6, 6.07) is 4.54. The fraction of sp³-hybridized carbons (Fsp3) is 0.200. The molecule has 0 radical (unpaired) electrons. The van der Waals surface area contributed by atoms with Crippen LogP contribution in [0.15, 0.2) is 18.2 Å². The molecule has 2 amide bonds. The third-order valence-corrected chi connectivity index (χ3v) is 2.41. The van der Waals surface area contributed by atoms with Crippen molar-refractivity contribution >= 4 is 35.0 Å². The van der Waals surface area contributed by atoms with Gasteiger partial charge in [-0.25, -0.2) is 5.43 Å². The molecule has 0 unspecified atom stereocenters. The molecule has 0 spiro atoms. The Kier molecular flexibility index (Phi) is 5.21. The van der Waals surface area contributed by atoms with Crippen LogP contribution in [0.1, 0.15) is 10.4 Å². The highest BCUT2D eigenvalue weighted by molar-refractivity contribution is 6.35. The van der Waals surface area contributed by atoms with Crippen molar-refractivity contribution in [3.8, 4) is 0 Å². The second-order valence-electron chi connectivity index (χ2n) is 3.11. The van der Waals surface area contributed by atoms with Gasteiger partial charge in [0.2, 0.25) is 0 Å². The normalized spacial score (nSPS) is 9.82. The van der Waals surface area contributed by atoms with E-state index in [1.165, 1.54) is 12.1 Å². The molecule has 0 fully saturated rings. The molecule has 1 rings (SSSR count). The Balaban J connectivity index is 2.64. The van der Waals surface area contributed by atoms with Gasteiger partial charge >= 0.3 is 0 Å². The van der Waals surface area contributed by atoms with Gasteiger partial charge in [0.25, 0.3) is 11.8 Å². The summed E-state index contributed by atoms with van der Waals surface area (Å²) in [5.74, 6) is -0.817. The third kappa shape index (κ3) is 4.22. The Morgan fingerprint density at radius 1 is 1.29 bits per heavy atom. The molecule has 7 heteroatoms. The largest absolute Gasteiger partial charge is 0.343 e. The van der Waals surface area contributed by atoms with E-state index in [0.717, 1.165) is 0 Å². The Morgan fingerprint density at radius 2 is 2.00 bits per heavy atom. The van der Waals surface area contributed by atoms with Crippen LogP contribution < -0.4 is 16.2 Å². The summed E-state index contributed by atoms with van der Waals surface area (Å²) >= 11 is 11.6. The maximum Gasteiger partial charge on any atom is 0.253 e. The number of rotatable bonds is 4. The monoisotopic (exact) mass is 275 g/mol. The molecule has 0 bridgehead atoms. The number of benzene rings is 1. The van der Waals surface area contributed by atoms with E-state index in [-0.39, 0.29) is 23.0 Å². The molecule has 1 aromatic rings. The van der Waals surface area contributed by atoms with Crippen molar-refractivity contribution in [2.45, 2.75) is 0 Å². The van der Waals surface area contributed by atoms with E-state index in [4.69, 9.17) is 23.2 Å². The molecule has 0 aromatic heterocycles. The third-order valence-electron chi connectivity index (χ3n) is 1.85. The maximum absolute atomic E-state index is 11.7. The van der Waals surface area contributed by atoms with Gasteiger partial charge in [-0.15, -0.1) is 0 Å². The molecule has 0 saturated carbocycles. The van der Waals surface area contributed by atoms with Crippen LogP contribution in [0.25, 0.3) is 0 Å². The first-order valence-electron chi connectivity index (χ1n) is 4.73. The number of carbonyl (C=O) groups is 2. The van der Waals surface area contributed by atoms with Crippen molar-refractivity contribution in [1.82, 2.24) is 16.2 Å². The minimum Gasteiger partial charge on any atom is -0.343 e. The van der Waals surface area contributed by atoms with E-state index in [1.807, 2.05) is 0 Å². The predicted octanol–water partition coefficient (Wildman–Crippen LogP) is 0.974. The molecule has 1 aromatic carbocycles. The Bertz CT molecular complexity index is 438. The van der Waals surface area contributed by atoms with E-state index < -0.39 is 5.91 Å². The lowest BCUT2D eigenvalue weighted by Gasteiger charge is -2.07. The van der Waals surface area contributed by atoms with Crippen molar-refractivity contribution < 1.29 is 9.59 Å². The molecule has 5 nitrogen and oxygen atoms in total. The first-order valence-corrected chi connectivity index (χ1v) is 5.49. The molecule has 0 aliphatic heterocycles. The van der Waals surface area contributed by atoms with Crippen LogP contribution in [-0.4, -0.2) is 25.4 Å². The van der Waals surface area contributed by atoms with Crippen molar-refractivity contribution in [2.24, 2.45) is 0 Å². The second-order valence-corrected chi connectivity index (χ2v) is 3.95. The molecule has 17 heavy (non-hydrogen) atoms. The Labute approximate surface area is 108 Å². The summed E-state index contributed by atoms with van der Waals surface area (Å²) in [6.45, 7) is -0.150. The number of hydrogen-bond donors (Lipinski definition) is 3. The van der Waals surface area contributed by atoms with Gasteiger partial charge in [0, 0.05) is 12.1 Å². The lowest BCUT2D eigenvalue weighted by molar-refractivity contribution is -0.120.